The molecule has 2 aliphatic heterocycles. The molecule has 1 fully saturated rings. The van der Waals surface area contributed by atoms with Gasteiger partial charge in [-0.1, -0.05) is 6.92 Å². The van der Waals surface area contributed by atoms with Crippen molar-refractivity contribution in [3.8, 4) is 0 Å². The first kappa shape index (κ1) is 16.1. The molecule has 0 unspecified atom stereocenters. The fraction of sp³-hybridized carbons (Fsp3) is 0.615. The minimum Gasteiger partial charge on any atom is -0.356 e. The number of carbonyl (C=O) groups excluding carboxylic acids is 1. The number of amides is 1. The number of anilines is 2. The average Bonchev–Trinajstić information content (AvgIpc) is 2.86. The summed E-state index contributed by atoms with van der Waals surface area (Å²) >= 11 is 0. The summed E-state index contributed by atoms with van der Waals surface area (Å²) in [5, 5.41) is 7.72. The summed E-state index contributed by atoms with van der Waals surface area (Å²) in [5.74, 6) is 1.31. The lowest BCUT2D eigenvalue weighted by atomic mass is 9.80. The molecule has 23 heavy (non-hydrogen) atoms. The summed E-state index contributed by atoms with van der Waals surface area (Å²) in [6.45, 7) is 3.83. The first-order valence-electron chi connectivity index (χ1n) is 7.42. The second kappa shape index (κ2) is 5.69. The number of rotatable bonds is 4. The molecular weight excluding hydrogens is 320 g/mol. The van der Waals surface area contributed by atoms with E-state index in [0.717, 1.165) is 37.3 Å². The summed E-state index contributed by atoms with van der Waals surface area (Å²) in [6, 6.07) is 0. The minimum absolute atomic E-state index is 0.0686. The van der Waals surface area contributed by atoms with E-state index in [2.05, 4.69) is 24.9 Å². The van der Waals surface area contributed by atoms with Crippen molar-refractivity contribution in [2.45, 2.75) is 26.2 Å². The number of nitrogens with zero attached hydrogens (tertiary/aromatic N) is 3. The quantitative estimate of drug-likeness (QED) is 0.669. The Labute approximate surface area is 134 Å². The molecule has 9 nitrogen and oxygen atoms in total. The molecule has 2 aliphatic rings. The van der Waals surface area contributed by atoms with Crippen molar-refractivity contribution in [2.24, 2.45) is 10.6 Å². The van der Waals surface area contributed by atoms with Crippen LogP contribution in [0.4, 0.5) is 11.6 Å². The van der Waals surface area contributed by atoms with Gasteiger partial charge in [-0.05, 0) is 18.3 Å². The summed E-state index contributed by atoms with van der Waals surface area (Å²) < 4.78 is 24.5. The lowest BCUT2D eigenvalue weighted by Gasteiger charge is -2.40. The van der Waals surface area contributed by atoms with Crippen molar-refractivity contribution in [2.75, 3.05) is 29.9 Å². The van der Waals surface area contributed by atoms with Gasteiger partial charge in [-0.25, -0.2) is 19.8 Å². The van der Waals surface area contributed by atoms with Crippen LogP contribution < -0.4 is 20.1 Å². The number of nitrogens with one attached hydrogen (secondary N) is 2. The van der Waals surface area contributed by atoms with E-state index in [4.69, 9.17) is 5.14 Å². The second-order valence-electron chi connectivity index (χ2n) is 6.41. The van der Waals surface area contributed by atoms with Gasteiger partial charge in [-0.15, -0.1) is 0 Å². The van der Waals surface area contributed by atoms with Crippen molar-refractivity contribution >= 4 is 27.8 Å². The van der Waals surface area contributed by atoms with Gasteiger partial charge in [-0.2, -0.15) is 8.42 Å². The molecule has 0 radical (unpaired) electrons. The summed E-state index contributed by atoms with van der Waals surface area (Å²) in [5.41, 5.74) is 0.691. The Kier molecular flexibility index (Phi) is 3.98. The fourth-order valence-corrected chi connectivity index (χ4v) is 3.54. The Hall–Kier alpha value is -1.78. The molecule has 0 atom stereocenters. The molecule has 1 saturated heterocycles. The van der Waals surface area contributed by atoms with Gasteiger partial charge in [0, 0.05) is 25.2 Å². The third-order valence-electron chi connectivity index (χ3n) is 4.49. The van der Waals surface area contributed by atoms with Gasteiger partial charge < -0.3 is 10.2 Å². The molecule has 4 N–H and O–H groups in total. The molecule has 1 aromatic heterocycles. The molecular formula is C13H20N6O3S. The normalized spacial score (nSPS) is 20.3. The highest BCUT2D eigenvalue weighted by atomic mass is 32.2. The Balaban J connectivity index is 1.68. The van der Waals surface area contributed by atoms with E-state index < -0.39 is 10.2 Å². The molecule has 126 valence electrons. The smallest absolute Gasteiger partial charge is 0.274 e. The zero-order chi connectivity index (χ0) is 16.7. The van der Waals surface area contributed by atoms with Gasteiger partial charge in [0.1, 0.15) is 18.0 Å². The molecule has 0 saturated carbocycles. The first-order chi connectivity index (χ1) is 10.8. The lowest BCUT2D eigenvalue weighted by molar-refractivity contribution is -0.115. The third kappa shape index (κ3) is 3.59. The Morgan fingerprint density at radius 3 is 2.74 bits per heavy atom. The highest BCUT2D eigenvalue weighted by Gasteiger charge is 2.33. The van der Waals surface area contributed by atoms with E-state index in [1.807, 2.05) is 6.92 Å². The van der Waals surface area contributed by atoms with E-state index in [1.165, 1.54) is 6.33 Å². The predicted octanol–water partition coefficient (Wildman–Crippen LogP) is -0.629. The molecule has 0 bridgehead atoms. The van der Waals surface area contributed by atoms with Gasteiger partial charge in [0.2, 0.25) is 5.91 Å². The number of carbonyl (C=O) groups is 1. The fourth-order valence-electron chi connectivity index (χ4n) is 2.99. The van der Waals surface area contributed by atoms with Crippen LogP contribution in [0.5, 0.6) is 0 Å². The first-order valence-corrected chi connectivity index (χ1v) is 8.96. The van der Waals surface area contributed by atoms with Gasteiger partial charge >= 0.3 is 0 Å². The Morgan fingerprint density at radius 2 is 2.09 bits per heavy atom. The van der Waals surface area contributed by atoms with Crippen molar-refractivity contribution in [1.29, 1.82) is 0 Å². The molecule has 1 amide bonds. The van der Waals surface area contributed by atoms with Crippen LogP contribution >= 0.6 is 0 Å². The SMILES string of the molecule is CC1(CNS(N)(=O)=O)CCN(c2ncnc3c2CC(=O)N3)CC1. The van der Waals surface area contributed by atoms with Gasteiger partial charge in [-0.3, -0.25) is 4.79 Å². The van der Waals surface area contributed by atoms with Crippen LogP contribution in [-0.2, 0) is 21.4 Å². The van der Waals surface area contributed by atoms with Crippen molar-refractivity contribution in [3.05, 3.63) is 11.9 Å². The minimum atomic E-state index is -3.67. The number of piperidine rings is 1. The number of fused-ring (bicyclic) bond motifs is 1. The summed E-state index contributed by atoms with van der Waals surface area (Å²) in [6.07, 6.45) is 3.35. The molecule has 0 spiro atoms. The molecule has 0 aliphatic carbocycles. The van der Waals surface area contributed by atoms with E-state index in [-0.39, 0.29) is 11.3 Å². The molecule has 1 aromatic rings. The van der Waals surface area contributed by atoms with E-state index in [9.17, 15) is 13.2 Å². The lowest BCUT2D eigenvalue weighted by Crippen LogP contribution is -2.46. The van der Waals surface area contributed by atoms with Crippen molar-refractivity contribution in [3.63, 3.8) is 0 Å². The zero-order valence-corrected chi connectivity index (χ0v) is 13.7. The van der Waals surface area contributed by atoms with Crippen LogP contribution in [0.3, 0.4) is 0 Å². The van der Waals surface area contributed by atoms with Crippen LogP contribution in [0.1, 0.15) is 25.3 Å². The number of nitrogens with two attached hydrogens (primary N) is 1. The van der Waals surface area contributed by atoms with Crippen LogP contribution in [0, 0.1) is 5.41 Å². The third-order valence-corrected chi connectivity index (χ3v) is 5.03. The standard InChI is InChI=1S/C13H20N6O3S/c1-13(7-17-23(14,21)22)2-4-19(5-3-13)12-9-6-10(20)18-11(9)15-8-16-12/h8,17H,2-7H2,1H3,(H2,14,21,22)(H,15,16,18,20). The monoisotopic (exact) mass is 340 g/mol. The number of hydrogen-bond acceptors (Lipinski definition) is 6. The van der Waals surface area contributed by atoms with Crippen LogP contribution in [0.25, 0.3) is 0 Å². The van der Waals surface area contributed by atoms with Crippen molar-refractivity contribution in [1.82, 2.24) is 14.7 Å². The zero-order valence-electron chi connectivity index (χ0n) is 12.9. The predicted molar refractivity (Wildman–Crippen MR) is 85.0 cm³/mol. The van der Waals surface area contributed by atoms with Gasteiger partial charge in [0.15, 0.2) is 0 Å². The van der Waals surface area contributed by atoms with Gasteiger partial charge in [0.05, 0.1) is 6.42 Å². The highest BCUT2D eigenvalue weighted by molar-refractivity contribution is 7.87. The van der Waals surface area contributed by atoms with Gasteiger partial charge in [0.25, 0.3) is 10.2 Å². The molecule has 0 aromatic carbocycles. The number of hydrogen-bond donors (Lipinski definition) is 3. The van der Waals surface area contributed by atoms with E-state index in [0.29, 0.717) is 18.8 Å². The van der Waals surface area contributed by atoms with E-state index >= 15 is 0 Å². The highest BCUT2D eigenvalue weighted by Crippen LogP contribution is 2.35. The largest absolute Gasteiger partial charge is 0.356 e. The molecule has 3 rings (SSSR count). The maximum atomic E-state index is 11.5. The Morgan fingerprint density at radius 1 is 1.39 bits per heavy atom. The maximum absolute atomic E-state index is 11.5. The van der Waals surface area contributed by atoms with Crippen molar-refractivity contribution < 1.29 is 13.2 Å². The topological polar surface area (TPSA) is 130 Å². The van der Waals surface area contributed by atoms with Crippen LogP contribution in [0.2, 0.25) is 0 Å². The second-order valence-corrected chi connectivity index (χ2v) is 7.79. The number of aromatic nitrogens is 2. The molecule has 10 heteroatoms. The molecule has 3 heterocycles. The van der Waals surface area contributed by atoms with Crippen LogP contribution in [-0.4, -0.2) is 43.9 Å². The van der Waals surface area contributed by atoms with Crippen LogP contribution in [0.15, 0.2) is 6.33 Å². The average molecular weight is 340 g/mol. The Bertz CT molecular complexity index is 727. The van der Waals surface area contributed by atoms with E-state index in [1.54, 1.807) is 0 Å². The maximum Gasteiger partial charge on any atom is 0.274 e. The summed E-state index contributed by atoms with van der Waals surface area (Å²) in [4.78, 5) is 22.1. The summed E-state index contributed by atoms with van der Waals surface area (Å²) in [7, 11) is -3.67.